The summed E-state index contributed by atoms with van der Waals surface area (Å²) in [5.41, 5.74) is 6.28. The normalized spacial score (nSPS) is 10.5. The zero-order chi connectivity index (χ0) is 12.8. The topological polar surface area (TPSA) is 70.1 Å². The minimum absolute atomic E-state index is 0.161. The van der Waals surface area contributed by atoms with Gasteiger partial charge in [-0.3, -0.25) is 4.79 Å². The Balaban J connectivity index is 2.03. The molecule has 0 aliphatic heterocycles. The predicted molar refractivity (Wildman–Crippen MR) is 71.1 cm³/mol. The van der Waals surface area contributed by atoms with E-state index in [1.807, 2.05) is 16.8 Å². The van der Waals surface area contributed by atoms with Crippen LogP contribution in [0.4, 0.5) is 0 Å². The van der Waals surface area contributed by atoms with Crippen molar-refractivity contribution in [2.45, 2.75) is 13.0 Å². The first-order chi connectivity index (χ1) is 8.79. The van der Waals surface area contributed by atoms with Gasteiger partial charge in [-0.25, -0.2) is 4.68 Å². The molecule has 2 heterocycles. The van der Waals surface area contributed by atoms with Gasteiger partial charge >= 0.3 is 0 Å². The average Bonchev–Trinajstić information content (AvgIpc) is 2.86. The van der Waals surface area contributed by atoms with E-state index < -0.39 is 0 Å². The number of ether oxygens (including phenoxy) is 1. The van der Waals surface area contributed by atoms with Crippen LogP contribution in [0, 0.1) is 0 Å². The lowest BCUT2D eigenvalue weighted by atomic mass is 10.3. The maximum atomic E-state index is 11.8. The van der Waals surface area contributed by atoms with E-state index in [1.54, 1.807) is 17.5 Å². The fraction of sp³-hybridized carbons (Fsp3) is 0.333. The van der Waals surface area contributed by atoms with Crippen molar-refractivity contribution in [3.8, 4) is 5.75 Å². The molecule has 2 rings (SSSR count). The van der Waals surface area contributed by atoms with Crippen molar-refractivity contribution in [3.05, 3.63) is 45.0 Å². The molecule has 96 valence electrons. The van der Waals surface area contributed by atoms with Crippen LogP contribution in [0.3, 0.4) is 0 Å². The molecule has 2 N–H and O–H groups in total. The Labute approximate surface area is 109 Å². The Morgan fingerprint density at radius 1 is 1.50 bits per heavy atom. The molecule has 5 nitrogen and oxygen atoms in total. The molecule has 18 heavy (non-hydrogen) atoms. The molecule has 0 amide bonds. The highest BCUT2D eigenvalue weighted by molar-refractivity contribution is 7.07. The Kier molecular flexibility index (Phi) is 4.49. The second kappa shape index (κ2) is 6.32. The maximum absolute atomic E-state index is 11.8. The molecule has 2 aromatic heterocycles. The van der Waals surface area contributed by atoms with E-state index >= 15 is 0 Å². The summed E-state index contributed by atoms with van der Waals surface area (Å²) in [7, 11) is 0. The van der Waals surface area contributed by atoms with Gasteiger partial charge in [0.2, 0.25) is 0 Å². The highest BCUT2D eigenvalue weighted by Crippen LogP contribution is 2.08. The van der Waals surface area contributed by atoms with Gasteiger partial charge in [-0.05, 0) is 35.4 Å². The summed E-state index contributed by atoms with van der Waals surface area (Å²) >= 11 is 1.60. The minimum atomic E-state index is -0.161. The summed E-state index contributed by atoms with van der Waals surface area (Å²) in [6.07, 6.45) is 2.32. The maximum Gasteiger partial charge on any atom is 0.270 e. The van der Waals surface area contributed by atoms with E-state index in [4.69, 9.17) is 10.5 Å². The Morgan fingerprint density at radius 3 is 3.06 bits per heavy atom. The fourth-order valence-corrected chi connectivity index (χ4v) is 2.10. The first-order valence-corrected chi connectivity index (χ1v) is 6.65. The summed E-state index contributed by atoms with van der Waals surface area (Å²) in [6.45, 7) is 1.57. The van der Waals surface area contributed by atoms with Gasteiger partial charge in [-0.15, -0.1) is 0 Å². The molecule has 0 saturated carbocycles. The number of nitrogens with zero attached hydrogens (tertiary/aromatic N) is 2. The molecule has 0 aliphatic rings. The van der Waals surface area contributed by atoms with Crippen molar-refractivity contribution in [3.63, 3.8) is 0 Å². The number of nitrogens with two attached hydrogens (primary N) is 1. The second-order valence-electron chi connectivity index (χ2n) is 3.81. The summed E-state index contributed by atoms with van der Waals surface area (Å²) < 4.78 is 6.78. The van der Waals surface area contributed by atoms with Gasteiger partial charge in [0.05, 0.1) is 19.3 Å². The Hall–Kier alpha value is -1.66. The highest BCUT2D eigenvalue weighted by Gasteiger charge is 2.02. The van der Waals surface area contributed by atoms with Crippen LogP contribution < -0.4 is 16.0 Å². The minimum Gasteiger partial charge on any atom is -0.492 e. The van der Waals surface area contributed by atoms with E-state index in [2.05, 4.69) is 5.10 Å². The van der Waals surface area contributed by atoms with Crippen molar-refractivity contribution in [1.82, 2.24) is 9.78 Å². The Bertz CT molecular complexity index is 537. The number of thiophene rings is 1. The molecule has 0 atom stereocenters. The molecule has 0 unspecified atom stereocenters. The molecular weight excluding hydrogens is 250 g/mol. The van der Waals surface area contributed by atoms with Crippen LogP contribution in [-0.2, 0) is 6.54 Å². The molecule has 0 aliphatic carbocycles. The zero-order valence-corrected chi connectivity index (χ0v) is 10.7. The van der Waals surface area contributed by atoms with E-state index in [1.165, 1.54) is 10.7 Å². The summed E-state index contributed by atoms with van der Waals surface area (Å²) in [4.78, 5) is 11.8. The van der Waals surface area contributed by atoms with Crippen molar-refractivity contribution >= 4 is 11.3 Å². The van der Waals surface area contributed by atoms with Gasteiger partial charge in [-0.2, -0.15) is 16.4 Å². The van der Waals surface area contributed by atoms with Crippen LogP contribution in [0.15, 0.2) is 33.9 Å². The van der Waals surface area contributed by atoms with Gasteiger partial charge in [0, 0.05) is 6.07 Å². The third-order valence-corrected chi connectivity index (χ3v) is 3.11. The molecule has 0 bridgehead atoms. The SMILES string of the molecule is NCCCOc1cnn(Cc2ccsc2)c(=O)c1. The summed E-state index contributed by atoms with van der Waals surface area (Å²) in [5, 5.41) is 8.06. The lowest BCUT2D eigenvalue weighted by Gasteiger charge is -2.06. The first kappa shape index (κ1) is 12.8. The van der Waals surface area contributed by atoms with Crippen LogP contribution in [-0.4, -0.2) is 22.9 Å². The highest BCUT2D eigenvalue weighted by atomic mass is 32.1. The van der Waals surface area contributed by atoms with Gasteiger partial charge in [0.15, 0.2) is 0 Å². The van der Waals surface area contributed by atoms with Gasteiger partial charge in [-0.1, -0.05) is 0 Å². The zero-order valence-electron chi connectivity index (χ0n) is 9.91. The van der Waals surface area contributed by atoms with Gasteiger partial charge in [0.1, 0.15) is 5.75 Å². The molecule has 0 fully saturated rings. The molecule has 2 aromatic rings. The smallest absolute Gasteiger partial charge is 0.270 e. The second-order valence-corrected chi connectivity index (χ2v) is 4.59. The third-order valence-electron chi connectivity index (χ3n) is 2.37. The molecule has 0 saturated heterocycles. The molecular formula is C12H15N3O2S. The van der Waals surface area contributed by atoms with Crippen LogP contribution in [0.5, 0.6) is 5.75 Å². The van der Waals surface area contributed by atoms with E-state index in [9.17, 15) is 4.79 Å². The standard InChI is InChI=1S/C12H15N3O2S/c13-3-1-4-17-11-6-12(16)15(14-7-11)8-10-2-5-18-9-10/h2,5-7,9H,1,3-4,8,13H2. The molecule has 0 spiro atoms. The monoisotopic (exact) mass is 265 g/mol. The molecule has 0 aromatic carbocycles. The molecule has 6 heteroatoms. The predicted octanol–water partition coefficient (Wildman–Crippen LogP) is 1.08. The van der Waals surface area contributed by atoms with Gasteiger partial charge in [0.25, 0.3) is 5.56 Å². The number of hydrogen-bond acceptors (Lipinski definition) is 5. The van der Waals surface area contributed by atoms with Crippen LogP contribution in [0.2, 0.25) is 0 Å². The number of hydrogen-bond donors (Lipinski definition) is 1. The average molecular weight is 265 g/mol. The Morgan fingerprint density at radius 2 is 2.39 bits per heavy atom. The lowest BCUT2D eigenvalue weighted by molar-refractivity contribution is 0.309. The van der Waals surface area contributed by atoms with Crippen molar-refractivity contribution in [2.75, 3.05) is 13.2 Å². The third kappa shape index (κ3) is 3.41. The summed E-state index contributed by atoms with van der Waals surface area (Å²) in [6, 6.07) is 3.43. The van der Waals surface area contributed by atoms with E-state index in [-0.39, 0.29) is 5.56 Å². The van der Waals surface area contributed by atoms with E-state index in [0.717, 1.165) is 12.0 Å². The van der Waals surface area contributed by atoms with Crippen LogP contribution >= 0.6 is 11.3 Å². The summed E-state index contributed by atoms with van der Waals surface area (Å²) in [5.74, 6) is 0.495. The van der Waals surface area contributed by atoms with Crippen molar-refractivity contribution in [2.24, 2.45) is 5.73 Å². The first-order valence-electron chi connectivity index (χ1n) is 5.70. The van der Waals surface area contributed by atoms with Crippen molar-refractivity contribution < 1.29 is 4.74 Å². The van der Waals surface area contributed by atoms with E-state index in [0.29, 0.717) is 25.4 Å². The lowest BCUT2D eigenvalue weighted by Crippen LogP contribution is -2.22. The van der Waals surface area contributed by atoms with Gasteiger partial charge < -0.3 is 10.5 Å². The van der Waals surface area contributed by atoms with Crippen molar-refractivity contribution in [1.29, 1.82) is 0 Å². The quantitative estimate of drug-likeness (QED) is 0.793. The largest absolute Gasteiger partial charge is 0.492 e. The molecule has 0 radical (unpaired) electrons. The van der Waals surface area contributed by atoms with Crippen LogP contribution in [0.25, 0.3) is 0 Å². The van der Waals surface area contributed by atoms with Crippen LogP contribution in [0.1, 0.15) is 12.0 Å². The fourth-order valence-electron chi connectivity index (χ4n) is 1.44. The number of rotatable bonds is 6. The number of aromatic nitrogens is 2.